The lowest BCUT2D eigenvalue weighted by Crippen LogP contribution is -2.58. The summed E-state index contributed by atoms with van der Waals surface area (Å²) in [7, 11) is 0. The Hall–Kier alpha value is -4.63. The molecule has 2 aromatic heterocycles. The maximum absolute atomic E-state index is 14.0. The molecule has 0 unspecified atom stereocenters. The van der Waals surface area contributed by atoms with Crippen molar-refractivity contribution in [3.63, 3.8) is 0 Å². The van der Waals surface area contributed by atoms with Crippen LogP contribution in [0.5, 0.6) is 5.75 Å². The molecule has 5 aromatic rings. The number of imidazole rings is 1. The quantitative estimate of drug-likeness (QED) is 0.256. The number of nitrogens with zero attached hydrogens (tertiary/aromatic N) is 6. The molecule has 43 heavy (non-hydrogen) atoms. The Morgan fingerprint density at radius 3 is 2.72 bits per heavy atom. The number of hydrogen-bond acceptors (Lipinski definition) is 6. The van der Waals surface area contributed by atoms with E-state index in [2.05, 4.69) is 39.6 Å². The number of amides is 1. The summed E-state index contributed by atoms with van der Waals surface area (Å²) in [5.41, 5.74) is 2.00. The standard InChI is InChI=1S/C33H31ClN6O3/c1-4-28(41)38-15-21(3)39(16-20(38)2)32-26-14-27(34)29(25-11-7-9-22-8-5-6-10-24(22)25)31-30(26)40(33(42)36-32)23(18-43-31)17-37-13-12-35-19-37/h4-14,19-21,23H,1,15-18H2,2-3H3/t20-,21+,23-/m1/s1. The van der Waals surface area contributed by atoms with Crippen LogP contribution < -0.4 is 15.3 Å². The van der Waals surface area contributed by atoms with Crippen LogP contribution in [0.25, 0.3) is 32.8 Å². The number of rotatable bonds is 5. The van der Waals surface area contributed by atoms with Gasteiger partial charge >= 0.3 is 5.69 Å². The molecule has 0 spiro atoms. The SMILES string of the molecule is C=CC(=O)N1C[C@H](C)N(c2nc(=O)n3c4c(c(-c5cccc6ccccc56)c(Cl)cc24)OC[C@H]3Cn2ccnc2)C[C@H]1C. The van der Waals surface area contributed by atoms with E-state index in [1.165, 1.54) is 6.08 Å². The van der Waals surface area contributed by atoms with Crippen molar-refractivity contribution in [2.45, 2.75) is 38.5 Å². The number of carbonyl (C=O) groups excluding carboxylic acids is 1. The Morgan fingerprint density at radius 1 is 1.12 bits per heavy atom. The fourth-order valence-electron chi connectivity index (χ4n) is 6.59. The molecule has 0 radical (unpaired) electrons. The van der Waals surface area contributed by atoms with Crippen molar-refractivity contribution in [1.82, 2.24) is 24.0 Å². The number of benzene rings is 3. The van der Waals surface area contributed by atoms with Gasteiger partial charge in [-0.25, -0.2) is 9.78 Å². The number of piperazine rings is 1. The van der Waals surface area contributed by atoms with Gasteiger partial charge in [0.05, 0.1) is 22.9 Å². The largest absolute Gasteiger partial charge is 0.488 e. The minimum Gasteiger partial charge on any atom is -0.488 e. The lowest BCUT2D eigenvalue weighted by molar-refractivity contribution is -0.128. The zero-order valence-electron chi connectivity index (χ0n) is 24.0. The Morgan fingerprint density at radius 2 is 1.93 bits per heavy atom. The van der Waals surface area contributed by atoms with Crippen LogP contribution in [0.2, 0.25) is 5.02 Å². The molecule has 2 aliphatic heterocycles. The number of aromatic nitrogens is 4. The maximum Gasteiger partial charge on any atom is 0.350 e. The predicted molar refractivity (Wildman–Crippen MR) is 169 cm³/mol. The molecule has 0 aliphatic carbocycles. The fourth-order valence-corrected chi connectivity index (χ4v) is 6.89. The van der Waals surface area contributed by atoms with Gasteiger partial charge in [0.15, 0.2) is 5.75 Å². The average Bonchev–Trinajstić information content (AvgIpc) is 3.53. The summed E-state index contributed by atoms with van der Waals surface area (Å²) in [6.07, 6.45) is 6.67. The second-order valence-electron chi connectivity index (χ2n) is 11.3. The third-order valence-corrected chi connectivity index (χ3v) is 8.94. The maximum atomic E-state index is 14.0. The van der Waals surface area contributed by atoms with Crippen molar-refractivity contribution in [2.75, 3.05) is 24.6 Å². The van der Waals surface area contributed by atoms with Crippen LogP contribution in [0.4, 0.5) is 5.82 Å². The van der Waals surface area contributed by atoms with Crippen LogP contribution in [0.15, 0.2) is 84.7 Å². The first kappa shape index (κ1) is 27.2. The zero-order chi connectivity index (χ0) is 29.8. The van der Waals surface area contributed by atoms with Crippen molar-refractivity contribution in [3.05, 3.63) is 95.4 Å². The van der Waals surface area contributed by atoms with Crippen molar-refractivity contribution in [1.29, 1.82) is 0 Å². The van der Waals surface area contributed by atoms with Gasteiger partial charge in [-0.3, -0.25) is 9.36 Å². The van der Waals surface area contributed by atoms with Crippen molar-refractivity contribution in [2.24, 2.45) is 0 Å². The fraction of sp³-hybridized carbons (Fsp3) is 0.273. The Bertz CT molecular complexity index is 1950. The number of carbonyl (C=O) groups is 1. The monoisotopic (exact) mass is 594 g/mol. The van der Waals surface area contributed by atoms with Gasteiger partial charge in [0.25, 0.3) is 0 Å². The second-order valence-corrected chi connectivity index (χ2v) is 11.8. The number of ether oxygens (including phenoxy) is 1. The minimum absolute atomic E-state index is 0.100. The van der Waals surface area contributed by atoms with Gasteiger partial charge in [-0.1, -0.05) is 60.6 Å². The summed E-state index contributed by atoms with van der Waals surface area (Å²) < 4.78 is 10.3. The van der Waals surface area contributed by atoms with Crippen molar-refractivity contribution < 1.29 is 9.53 Å². The summed E-state index contributed by atoms with van der Waals surface area (Å²) in [4.78, 5) is 39.3. The first-order valence-electron chi connectivity index (χ1n) is 14.4. The number of halogens is 1. The smallest absolute Gasteiger partial charge is 0.350 e. The van der Waals surface area contributed by atoms with Gasteiger partial charge in [0.2, 0.25) is 5.91 Å². The molecule has 1 amide bonds. The van der Waals surface area contributed by atoms with E-state index < -0.39 is 0 Å². The molecule has 0 saturated carbocycles. The molecule has 2 aliphatic rings. The van der Waals surface area contributed by atoms with E-state index in [9.17, 15) is 9.59 Å². The summed E-state index contributed by atoms with van der Waals surface area (Å²) in [6.45, 7) is 9.44. The van der Waals surface area contributed by atoms with E-state index in [0.29, 0.717) is 41.7 Å². The third kappa shape index (κ3) is 4.46. The normalized spacial score (nSPS) is 19.9. The van der Waals surface area contributed by atoms with E-state index in [1.54, 1.807) is 17.1 Å². The highest BCUT2D eigenvalue weighted by Crippen LogP contribution is 2.48. The topological polar surface area (TPSA) is 85.5 Å². The highest BCUT2D eigenvalue weighted by atomic mass is 35.5. The van der Waals surface area contributed by atoms with Crippen LogP contribution in [-0.4, -0.2) is 61.7 Å². The summed E-state index contributed by atoms with van der Waals surface area (Å²) >= 11 is 7.16. The molecule has 218 valence electrons. The third-order valence-electron chi connectivity index (χ3n) is 8.64. The van der Waals surface area contributed by atoms with E-state index in [0.717, 1.165) is 27.3 Å². The second kappa shape index (κ2) is 10.6. The molecule has 4 heterocycles. The van der Waals surface area contributed by atoms with Crippen LogP contribution in [0.3, 0.4) is 0 Å². The lowest BCUT2D eigenvalue weighted by atomic mass is 9.95. The van der Waals surface area contributed by atoms with Crippen LogP contribution in [0.1, 0.15) is 19.9 Å². The summed E-state index contributed by atoms with van der Waals surface area (Å²) in [5.74, 6) is 1.01. The van der Waals surface area contributed by atoms with Crippen LogP contribution in [0, 0.1) is 0 Å². The van der Waals surface area contributed by atoms with Gasteiger partial charge in [-0.15, -0.1) is 0 Å². The first-order valence-corrected chi connectivity index (χ1v) is 14.8. The van der Waals surface area contributed by atoms with Gasteiger partial charge in [0, 0.05) is 55.1 Å². The Kier molecular flexibility index (Phi) is 6.69. The van der Waals surface area contributed by atoms with Crippen molar-refractivity contribution >= 4 is 45.0 Å². The molecule has 1 saturated heterocycles. The molecular formula is C33H31ClN6O3. The molecule has 3 aromatic carbocycles. The van der Waals surface area contributed by atoms with Crippen LogP contribution >= 0.6 is 11.6 Å². The Balaban J connectivity index is 1.47. The first-order chi connectivity index (χ1) is 20.9. The predicted octanol–water partition coefficient (Wildman–Crippen LogP) is 5.31. The number of fused-ring (bicyclic) bond motifs is 1. The minimum atomic E-state index is -0.354. The van der Waals surface area contributed by atoms with E-state index in [-0.39, 0.29) is 36.3 Å². The van der Waals surface area contributed by atoms with Gasteiger partial charge in [0.1, 0.15) is 12.4 Å². The van der Waals surface area contributed by atoms with E-state index >= 15 is 0 Å². The van der Waals surface area contributed by atoms with E-state index in [1.807, 2.05) is 59.8 Å². The van der Waals surface area contributed by atoms with E-state index in [4.69, 9.17) is 16.3 Å². The summed E-state index contributed by atoms with van der Waals surface area (Å²) in [6, 6.07) is 15.7. The van der Waals surface area contributed by atoms with Gasteiger partial charge in [-0.2, -0.15) is 4.98 Å². The highest BCUT2D eigenvalue weighted by molar-refractivity contribution is 6.35. The molecule has 1 fully saturated rings. The summed E-state index contributed by atoms with van der Waals surface area (Å²) in [5, 5.41) is 3.38. The highest BCUT2D eigenvalue weighted by Gasteiger charge is 2.36. The molecule has 9 nitrogen and oxygen atoms in total. The lowest BCUT2D eigenvalue weighted by Gasteiger charge is -2.45. The molecule has 0 bridgehead atoms. The van der Waals surface area contributed by atoms with Gasteiger partial charge < -0.3 is 19.1 Å². The zero-order valence-corrected chi connectivity index (χ0v) is 24.7. The average molecular weight is 595 g/mol. The molecule has 3 atom stereocenters. The van der Waals surface area contributed by atoms with Gasteiger partial charge in [-0.05, 0) is 42.3 Å². The van der Waals surface area contributed by atoms with Crippen LogP contribution in [-0.2, 0) is 11.3 Å². The molecular weight excluding hydrogens is 564 g/mol. The molecule has 7 rings (SSSR count). The van der Waals surface area contributed by atoms with Crippen molar-refractivity contribution in [3.8, 4) is 16.9 Å². The number of hydrogen-bond donors (Lipinski definition) is 0. The molecule has 10 heteroatoms. The Labute approximate surface area is 253 Å². The molecule has 0 N–H and O–H groups in total. The number of anilines is 1.